The van der Waals surface area contributed by atoms with Crippen LogP contribution in [0, 0.1) is 0 Å². The SMILES string of the molecule is O=C(NC1CCN(C(=O)NC2CCCCC2)CC1)c1cc(Cl)ccc1Br. The summed E-state index contributed by atoms with van der Waals surface area (Å²) in [7, 11) is 0. The molecule has 2 fully saturated rings. The van der Waals surface area contributed by atoms with Crippen molar-refractivity contribution in [2.24, 2.45) is 0 Å². The molecule has 1 aromatic carbocycles. The number of likely N-dealkylation sites (tertiary alicyclic amines) is 1. The first-order chi connectivity index (χ1) is 12.5. The van der Waals surface area contributed by atoms with E-state index in [-0.39, 0.29) is 18.0 Å². The Balaban J connectivity index is 1.46. The number of amides is 3. The number of urea groups is 1. The maximum atomic E-state index is 12.5. The van der Waals surface area contributed by atoms with Gasteiger partial charge >= 0.3 is 6.03 Å². The molecule has 1 heterocycles. The molecule has 0 bridgehead atoms. The van der Waals surface area contributed by atoms with Crippen LogP contribution < -0.4 is 10.6 Å². The number of piperidine rings is 1. The quantitative estimate of drug-likeness (QED) is 0.731. The largest absolute Gasteiger partial charge is 0.349 e. The predicted molar refractivity (Wildman–Crippen MR) is 107 cm³/mol. The lowest BCUT2D eigenvalue weighted by Gasteiger charge is -2.34. The number of benzene rings is 1. The van der Waals surface area contributed by atoms with Crippen LogP contribution in [0.3, 0.4) is 0 Å². The van der Waals surface area contributed by atoms with Gasteiger partial charge in [-0.05, 0) is 59.8 Å². The Kier molecular flexibility index (Phi) is 6.81. The molecule has 2 aliphatic rings. The van der Waals surface area contributed by atoms with E-state index in [1.165, 1.54) is 19.3 Å². The molecule has 0 unspecified atom stereocenters. The van der Waals surface area contributed by atoms with Crippen LogP contribution in [0.4, 0.5) is 4.79 Å². The molecule has 7 heteroatoms. The van der Waals surface area contributed by atoms with Crippen LogP contribution in [-0.4, -0.2) is 42.0 Å². The van der Waals surface area contributed by atoms with E-state index in [0.717, 1.165) is 30.2 Å². The standard InChI is InChI=1S/C19H25BrClN3O2/c20-17-7-6-13(21)12-16(17)18(25)22-15-8-10-24(11-9-15)19(26)23-14-4-2-1-3-5-14/h6-7,12,14-15H,1-5,8-11H2,(H,22,25)(H,23,26). The topological polar surface area (TPSA) is 61.4 Å². The molecule has 0 spiro atoms. The Morgan fingerprint density at radius 2 is 1.65 bits per heavy atom. The molecule has 0 atom stereocenters. The first-order valence-corrected chi connectivity index (χ1v) is 10.5. The highest BCUT2D eigenvalue weighted by atomic mass is 79.9. The maximum Gasteiger partial charge on any atom is 0.317 e. The normalized spacial score (nSPS) is 19.2. The molecule has 1 aliphatic heterocycles. The summed E-state index contributed by atoms with van der Waals surface area (Å²) in [6.07, 6.45) is 7.40. The van der Waals surface area contributed by atoms with E-state index < -0.39 is 0 Å². The Morgan fingerprint density at radius 1 is 1.00 bits per heavy atom. The van der Waals surface area contributed by atoms with Crippen LogP contribution in [0.25, 0.3) is 0 Å². The highest BCUT2D eigenvalue weighted by Crippen LogP contribution is 2.22. The van der Waals surface area contributed by atoms with Crippen LogP contribution in [0.5, 0.6) is 0 Å². The summed E-state index contributed by atoms with van der Waals surface area (Å²) in [5, 5.41) is 6.76. The highest BCUT2D eigenvalue weighted by Gasteiger charge is 2.26. The third kappa shape index (κ3) is 5.13. The molecule has 26 heavy (non-hydrogen) atoms. The summed E-state index contributed by atoms with van der Waals surface area (Å²) in [6, 6.07) is 5.62. The van der Waals surface area contributed by atoms with Crippen LogP contribution in [0.2, 0.25) is 5.02 Å². The Bertz CT molecular complexity index is 656. The second-order valence-corrected chi connectivity index (χ2v) is 8.43. The number of carbonyl (C=O) groups is 2. The number of hydrogen-bond acceptors (Lipinski definition) is 2. The van der Waals surface area contributed by atoms with Gasteiger partial charge in [0.15, 0.2) is 0 Å². The van der Waals surface area contributed by atoms with E-state index >= 15 is 0 Å². The average Bonchev–Trinajstić information content (AvgIpc) is 2.65. The summed E-state index contributed by atoms with van der Waals surface area (Å²) >= 11 is 9.38. The molecule has 3 amide bonds. The minimum Gasteiger partial charge on any atom is -0.349 e. The molecular formula is C19H25BrClN3O2. The first kappa shape index (κ1) is 19.5. The lowest BCUT2D eigenvalue weighted by Crippen LogP contribution is -2.51. The molecule has 3 rings (SSSR count). The molecule has 1 saturated heterocycles. The molecule has 142 valence electrons. The zero-order valence-electron chi connectivity index (χ0n) is 14.8. The van der Waals surface area contributed by atoms with Gasteiger partial charge in [0.05, 0.1) is 5.56 Å². The Hall–Kier alpha value is -1.27. The average molecular weight is 443 g/mol. The number of halogens is 2. The predicted octanol–water partition coefficient (Wildman–Crippen LogP) is 4.34. The number of rotatable bonds is 3. The fourth-order valence-electron chi connectivity index (χ4n) is 3.67. The van der Waals surface area contributed by atoms with E-state index in [1.807, 2.05) is 4.90 Å². The summed E-state index contributed by atoms with van der Waals surface area (Å²) in [4.78, 5) is 26.7. The van der Waals surface area contributed by atoms with Gasteiger partial charge < -0.3 is 15.5 Å². The van der Waals surface area contributed by atoms with Crippen molar-refractivity contribution in [1.82, 2.24) is 15.5 Å². The highest BCUT2D eigenvalue weighted by molar-refractivity contribution is 9.10. The fraction of sp³-hybridized carbons (Fsp3) is 0.579. The number of nitrogens with zero attached hydrogens (tertiary/aromatic N) is 1. The van der Waals surface area contributed by atoms with Crippen molar-refractivity contribution in [2.45, 2.75) is 57.0 Å². The molecular weight excluding hydrogens is 418 g/mol. The summed E-state index contributed by atoms with van der Waals surface area (Å²) in [5.41, 5.74) is 0.537. The zero-order chi connectivity index (χ0) is 18.5. The zero-order valence-corrected chi connectivity index (χ0v) is 17.1. The van der Waals surface area contributed by atoms with Crippen molar-refractivity contribution >= 4 is 39.5 Å². The third-order valence-electron chi connectivity index (χ3n) is 5.22. The molecule has 0 aromatic heterocycles. The minimum absolute atomic E-state index is 0.0410. The minimum atomic E-state index is -0.135. The Labute approximate surface area is 168 Å². The molecule has 1 aliphatic carbocycles. The summed E-state index contributed by atoms with van der Waals surface area (Å²) in [6.45, 7) is 1.33. The summed E-state index contributed by atoms with van der Waals surface area (Å²) < 4.78 is 0.726. The van der Waals surface area contributed by atoms with E-state index in [4.69, 9.17) is 11.6 Å². The van der Waals surface area contributed by atoms with E-state index in [2.05, 4.69) is 26.6 Å². The molecule has 0 radical (unpaired) electrons. The second kappa shape index (κ2) is 9.09. The smallest absolute Gasteiger partial charge is 0.317 e. The van der Waals surface area contributed by atoms with Gasteiger partial charge in [-0.15, -0.1) is 0 Å². The molecule has 1 saturated carbocycles. The van der Waals surface area contributed by atoms with Gasteiger partial charge in [0.1, 0.15) is 0 Å². The van der Waals surface area contributed by atoms with E-state index in [0.29, 0.717) is 29.7 Å². The molecule has 1 aromatic rings. The van der Waals surface area contributed by atoms with E-state index in [9.17, 15) is 9.59 Å². The number of nitrogens with one attached hydrogen (secondary N) is 2. The van der Waals surface area contributed by atoms with Gasteiger partial charge in [-0.2, -0.15) is 0 Å². The van der Waals surface area contributed by atoms with Gasteiger partial charge in [0.25, 0.3) is 5.91 Å². The first-order valence-electron chi connectivity index (χ1n) is 9.34. The van der Waals surface area contributed by atoms with Gasteiger partial charge in [0, 0.05) is 34.7 Å². The van der Waals surface area contributed by atoms with Crippen molar-refractivity contribution in [3.63, 3.8) is 0 Å². The second-order valence-electron chi connectivity index (χ2n) is 7.14. The van der Waals surface area contributed by atoms with Crippen molar-refractivity contribution < 1.29 is 9.59 Å². The van der Waals surface area contributed by atoms with Crippen LogP contribution in [-0.2, 0) is 0 Å². The molecule has 5 nitrogen and oxygen atoms in total. The molecule has 2 N–H and O–H groups in total. The van der Waals surface area contributed by atoms with Gasteiger partial charge in [-0.1, -0.05) is 30.9 Å². The van der Waals surface area contributed by atoms with Crippen molar-refractivity contribution in [2.75, 3.05) is 13.1 Å². The van der Waals surface area contributed by atoms with Crippen molar-refractivity contribution in [1.29, 1.82) is 0 Å². The van der Waals surface area contributed by atoms with Crippen LogP contribution >= 0.6 is 27.5 Å². The Morgan fingerprint density at radius 3 is 2.35 bits per heavy atom. The van der Waals surface area contributed by atoms with Gasteiger partial charge in [-0.3, -0.25) is 4.79 Å². The summed E-state index contributed by atoms with van der Waals surface area (Å²) in [5.74, 6) is -0.135. The van der Waals surface area contributed by atoms with Gasteiger partial charge in [0.2, 0.25) is 0 Å². The lowest BCUT2D eigenvalue weighted by molar-refractivity contribution is 0.0916. The van der Waals surface area contributed by atoms with Gasteiger partial charge in [-0.25, -0.2) is 4.79 Å². The maximum absolute atomic E-state index is 12.5. The third-order valence-corrected chi connectivity index (χ3v) is 6.15. The monoisotopic (exact) mass is 441 g/mol. The van der Waals surface area contributed by atoms with Crippen LogP contribution in [0.1, 0.15) is 55.3 Å². The van der Waals surface area contributed by atoms with Crippen molar-refractivity contribution in [3.05, 3.63) is 33.3 Å². The number of carbonyl (C=O) groups excluding carboxylic acids is 2. The number of hydrogen-bond donors (Lipinski definition) is 2. The lowest BCUT2D eigenvalue weighted by atomic mass is 9.95. The van der Waals surface area contributed by atoms with Crippen LogP contribution in [0.15, 0.2) is 22.7 Å². The van der Waals surface area contributed by atoms with E-state index in [1.54, 1.807) is 18.2 Å². The fourth-order valence-corrected chi connectivity index (χ4v) is 4.27. The van der Waals surface area contributed by atoms with Crippen molar-refractivity contribution in [3.8, 4) is 0 Å².